The van der Waals surface area contributed by atoms with Crippen molar-refractivity contribution in [3.63, 3.8) is 0 Å². The lowest BCUT2D eigenvalue weighted by atomic mass is 10.2. The summed E-state index contributed by atoms with van der Waals surface area (Å²) in [5.74, 6) is 3.09. The number of furan rings is 1. The lowest BCUT2D eigenvalue weighted by molar-refractivity contribution is 0.0557. The van der Waals surface area contributed by atoms with Crippen molar-refractivity contribution < 1.29 is 18.3 Å². The maximum absolute atomic E-state index is 6.02. The van der Waals surface area contributed by atoms with E-state index in [-0.39, 0.29) is 6.10 Å². The third-order valence-electron chi connectivity index (χ3n) is 4.03. The van der Waals surface area contributed by atoms with Gasteiger partial charge in [-0.05, 0) is 30.8 Å². The number of ether oxygens (including phenoxy) is 2. The summed E-state index contributed by atoms with van der Waals surface area (Å²) in [6, 6.07) is 11.3. The van der Waals surface area contributed by atoms with Crippen molar-refractivity contribution in [2.45, 2.75) is 19.6 Å². The first-order chi connectivity index (χ1) is 12.3. The van der Waals surface area contributed by atoms with Gasteiger partial charge in [-0.15, -0.1) is 10.2 Å². The van der Waals surface area contributed by atoms with E-state index in [0.29, 0.717) is 37.2 Å². The Labute approximate surface area is 145 Å². The molecule has 0 saturated heterocycles. The number of aromatic nitrogens is 2. The molecule has 0 fully saturated rings. The lowest BCUT2D eigenvalue weighted by Gasteiger charge is -2.30. The molecule has 3 aromatic rings. The van der Waals surface area contributed by atoms with Crippen LogP contribution in [0.1, 0.15) is 12.8 Å². The van der Waals surface area contributed by atoms with Crippen LogP contribution in [0.25, 0.3) is 11.7 Å². The van der Waals surface area contributed by atoms with Gasteiger partial charge in [0.15, 0.2) is 17.3 Å². The summed E-state index contributed by atoms with van der Waals surface area (Å²) in [7, 11) is 0. The average Bonchev–Trinajstić information content (AvgIpc) is 3.32. The van der Waals surface area contributed by atoms with Crippen molar-refractivity contribution in [2.24, 2.45) is 0 Å². The summed E-state index contributed by atoms with van der Waals surface area (Å²) >= 11 is 0. The van der Waals surface area contributed by atoms with Gasteiger partial charge in [0.2, 0.25) is 5.89 Å². The highest BCUT2D eigenvalue weighted by molar-refractivity contribution is 5.42. The molecule has 1 aromatic carbocycles. The van der Waals surface area contributed by atoms with E-state index in [2.05, 4.69) is 22.0 Å². The zero-order valence-corrected chi connectivity index (χ0v) is 13.9. The summed E-state index contributed by atoms with van der Waals surface area (Å²) in [6.45, 7) is 4.70. The van der Waals surface area contributed by atoms with Gasteiger partial charge in [-0.2, -0.15) is 0 Å². The zero-order chi connectivity index (χ0) is 17.1. The lowest BCUT2D eigenvalue weighted by Crippen LogP contribution is -2.40. The van der Waals surface area contributed by atoms with Gasteiger partial charge in [0, 0.05) is 6.54 Å². The molecule has 0 amide bonds. The fourth-order valence-corrected chi connectivity index (χ4v) is 2.76. The summed E-state index contributed by atoms with van der Waals surface area (Å²) < 4.78 is 22.7. The van der Waals surface area contributed by atoms with Gasteiger partial charge in [-0.1, -0.05) is 19.1 Å². The van der Waals surface area contributed by atoms with Crippen LogP contribution in [-0.4, -0.2) is 40.9 Å². The highest BCUT2D eigenvalue weighted by Crippen LogP contribution is 2.31. The van der Waals surface area contributed by atoms with Crippen LogP contribution in [-0.2, 0) is 6.54 Å². The minimum atomic E-state index is -0.0395. The van der Waals surface area contributed by atoms with Gasteiger partial charge in [0.1, 0.15) is 12.7 Å². The summed E-state index contributed by atoms with van der Waals surface area (Å²) in [5.41, 5.74) is 0. The monoisotopic (exact) mass is 341 g/mol. The Bertz CT molecular complexity index is 815. The van der Waals surface area contributed by atoms with Crippen molar-refractivity contribution in [1.29, 1.82) is 0 Å². The molecule has 0 saturated carbocycles. The number of rotatable bonds is 6. The third-order valence-corrected chi connectivity index (χ3v) is 4.03. The molecule has 1 aliphatic heterocycles. The Morgan fingerprint density at radius 3 is 2.80 bits per heavy atom. The van der Waals surface area contributed by atoms with E-state index in [4.69, 9.17) is 18.3 Å². The van der Waals surface area contributed by atoms with Crippen LogP contribution in [0.4, 0.5) is 0 Å². The predicted octanol–water partition coefficient (Wildman–Crippen LogP) is 2.99. The number of hydrogen-bond donors (Lipinski definition) is 0. The second-order valence-corrected chi connectivity index (χ2v) is 5.80. The topological polar surface area (TPSA) is 73.8 Å². The highest BCUT2D eigenvalue weighted by Gasteiger charge is 2.23. The van der Waals surface area contributed by atoms with Gasteiger partial charge in [-0.3, -0.25) is 4.90 Å². The molecule has 0 bridgehead atoms. The van der Waals surface area contributed by atoms with E-state index in [1.165, 1.54) is 0 Å². The first-order valence-corrected chi connectivity index (χ1v) is 8.29. The average molecular weight is 341 g/mol. The van der Waals surface area contributed by atoms with E-state index in [0.717, 1.165) is 18.0 Å². The Balaban J connectivity index is 1.38. The van der Waals surface area contributed by atoms with E-state index < -0.39 is 0 Å². The van der Waals surface area contributed by atoms with Crippen molar-refractivity contribution in [3.05, 3.63) is 48.6 Å². The highest BCUT2D eigenvalue weighted by atomic mass is 16.6. The SMILES string of the molecule is CCN(Cc1nnc(-c2ccco2)o1)CC1COc2ccccc2O1. The van der Waals surface area contributed by atoms with E-state index >= 15 is 0 Å². The van der Waals surface area contributed by atoms with Crippen LogP contribution in [0.15, 0.2) is 51.5 Å². The second-order valence-electron chi connectivity index (χ2n) is 5.80. The summed E-state index contributed by atoms with van der Waals surface area (Å²) in [5, 5.41) is 8.13. The number of nitrogens with zero attached hydrogens (tertiary/aromatic N) is 3. The standard InChI is InChI=1S/C18H19N3O4/c1-2-21(10-13-12-23-14-6-3-4-7-15(14)24-13)11-17-19-20-18(25-17)16-8-5-9-22-16/h3-9,13H,2,10-12H2,1H3. The van der Waals surface area contributed by atoms with E-state index in [9.17, 15) is 0 Å². The number of benzene rings is 1. The van der Waals surface area contributed by atoms with Crippen LogP contribution < -0.4 is 9.47 Å². The summed E-state index contributed by atoms with van der Waals surface area (Å²) in [4.78, 5) is 2.18. The van der Waals surface area contributed by atoms with Crippen LogP contribution in [0.5, 0.6) is 11.5 Å². The van der Waals surface area contributed by atoms with Crippen LogP contribution in [0.3, 0.4) is 0 Å². The molecule has 3 heterocycles. The molecular weight excluding hydrogens is 322 g/mol. The van der Waals surface area contributed by atoms with Crippen molar-refractivity contribution in [1.82, 2.24) is 15.1 Å². The maximum atomic E-state index is 6.02. The minimum Gasteiger partial charge on any atom is -0.486 e. The first-order valence-electron chi connectivity index (χ1n) is 8.29. The van der Waals surface area contributed by atoms with Crippen LogP contribution in [0.2, 0.25) is 0 Å². The quantitative estimate of drug-likeness (QED) is 0.682. The number of hydrogen-bond acceptors (Lipinski definition) is 7. The Morgan fingerprint density at radius 2 is 2.00 bits per heavy atom. The molecule has 0 aliphatic carbocycles. The smallest absolute Gasteiger partial charge is 0.283 e. The molecule has 7 heteroatoms. The first kappa shape index (κ1) is 15.7. The fourth-order valence-electron chi connectivity index (χ4n) is 2.76. The molecule has 0 spiro atoms. The Hall–Kier alpha value is -2.80. The molecule has 25 heavy (non-hydrogen) atoms. The van der Waals surface area contributed by atoms with Crippen molar-refractivity contribution >= 4 is 0 Å². The number of likely N-dealkylation sites (N-methyl/N-ethyl adjacent to an activating group) is 1. The Kier molecular flexibility index (Phi) is 4.39. The molecule has 2 aromatic heterocycles. The largest absolute Gasteiger partial charge is 0.486 e. The van der Waals surface area contributed by atoms with Gasteiger partial charge >= 0.3 is 0 Å². The number of para-hydroxylation sites is 2. The van der Waals surface area contributed by atoms with E-state index in [1.54, 1.807) is 18.4 Å². The normalized spacial score (nSPS) is 16.3. The molecular formula is C18H19N3O4. The zero-order valence-electron chi connectivity index (χ0n) is 13.9. The molecule has 0 radical (unpaired) electrons. The molecule has 4 rings (SSSR count). The minimum absolute atomic E-state index is 0.0395. The van der Waals surface area contributed by atoms with Gasteiger partial charge in [0.25, 0.3) is 5.89 Å². The van der Waals surface area contributed by atoms with Crippen molar-refractivity contribution in [2.75, 3.05) is 19.7 Å². The Morgan fingerprint density at radius 1 is 1.12 bits per heavy atom. The van der Waals surface area contributed by atoms with Crippen LogP contribution in [0, 0.1) is 0 Å². The maximum Gasteiger partial charge on any atom is 0.283 e. The third kappa shape index (κ3) is 3.51. The van der Waals surface area contributed by atoms with E-state index in [1.807, 2.05) is 24.3 Å². The molecule has 0 N–H and O–H groups in total. The number of fused-ring (bicyclic) bond motifs is 1. The van der Waals surface area contributed by atoms with Gasteiger partial charge in [-0.25, -0.2) is 0 Å². The molecule has 1 aliphatic rings. The summed E-state index contributed by atoms with van der Waals surface area (Å²) in [6.07, 6.45) is 1.54. The fraction of sp³-hybridized carbons (Fsp3) is 0.333. The molecule has 7 nitrogen and oxygen atoms in total. The predicted molar refractivity (Wildman–Crippen MR) is 89.3 cm³/mol. The molecule has 1 atom stereocenters. The molecule has 1 unspecified atom stereocenters. The van der Waals surface area contributed by atoms with Crippen LogP contribution >= 0.6 is 0 Å². The second kappa shape index (κ2) is 6.98. The molecule has 130 valence electrons. The van der Waals surface area contributed by atoms with Crippen molar-refractivity contribution in [3.8, 4) is 23.1 Å². The van der Waals surface area contributed by atoms with Gasteiger partial charge in [0.05, 0.1) is 12.8 Å². The van der Waals surface area contributed by atoms with Gasteiger partial charge < -0.3 is 18.3 Å².